The second kappa shape index (κ2) is 8.06. The summed E-state index contributed by atoms with van der Waals surface area (Å²) in [6, 6.07) is 12.6. The fourth-order valence-electron chi connectivity index (χ4n) is 3.27. The van der Waals surface area contributed by atoms with Gasteiger partial charge in [0.25, 0.3) is 5.91 Å². The second-order valence-electron chi connectivity index (χ2n) is 6.87. The third-order valence-corrected chi connectivity index (χ3v) is 5.96. The molecule has 0 bridgehead atoms. The first-order valence-corrected chi connectivity index (χ1v) is 10.7. The van der Waals surface area contributed by atoms with E-state index in [0.29, 0.717) is 36.7 Å². The summed E-state index contributed by atoms with van der Waals surface area (Å²) < 4.78 is 24.9. The van der Waals surface area contributed by atoms with Gasteiger partial charge in [-0.25, -0.2) is 17.7 Å². The number of benzene rings is 1. The van der Waals surface area contributed by atoms with Gasteiger partial charge in [-0.2, -0.15) is 0 Å². The molecule has 7 nitrogen and oxygen atoms in total. The number of nitrogen functional groups attached to an aromatic ring is 1. The molecule has 1 aliphatic rings. The van der Waals surface area contributed by atoms with Gasteiger partial charge in [0.05, 0.1) is 11.9 Å². The molecule has 0 spiro atoms. The molecule has 1 aromatic carbocycles. The SMILES string of the molecule is CS(=O)(=O)N1CCCC(CNC(=O)c2cccc(-c3cccc(N)n3)c2)C1. The number of hydrogen-bond acceptors (Lipinski definition) is 5. The van der Waals surface area contributed by atoms with Gasteiger partial charge in [0, 0.05) is 30.8 Å². The molecule has 3 N–H and O–H groups in total. The van der Waals surface area contributed by atoms with Crippen LogP contribution in [0.3, 0.4) is 0 Å². The lowest BCUT2D eigenvalue weighted by atomic mass is 9.99. The fourth-order valence-corrected chi connectivity index (χ4v) is 4.21. The van der Waals surface area contributed by atoms with Gasteiger partial charge < -0.3 is 11.1 Å². The number of rotatable bonds is 5. The van der Waals surface area contributed by atoms with E-state index in [0.717, 1.165) is 18.4 Å². The number of piperidine rings is 1. The molecule has 8 heteroatoms. The number of aromatic nitrogens is 1. The number of nitrogens with zero attached hydrogens (tertiary/aromatic N) is 2. The predicted octanol–water partition coefficient (Wildman–Crippen LogP) is 1.73. The highest BCUT2D eigenvalue weighted by Crippen LogP contribution is 2.20. The van der Waals surface area contributed by atoms with E-state index in [-0.39, 0.29) is 11.8 Å². The first kappa shape index (κ1) is 19.3. The number of pyridine rings is 1. The van der Waals surface area contributed by atoms with Gasteiger partial charge in [-0.1, -0.05) is 18.2 Å². The van der Waals surface area contributed by atoms with Crippen molar-refractivity contribution in [2.45, 2.75) is 12.8 Å². The van der Waals surface area contributed by atoms with Crippen LogP contribution in [-0.2, 0) is 10.0 Å². The standard InChI is InChI=1S/C19H24N4O3S/c1-27(25,26)23-10-4-5-14(13-23)12-21-19(24)16-7-2-6-15(11-16)17-8-3-9-18(20)22-17/h2-3,6-9,11,14H,4-5,10,12-13H2,1H3,(H2,20,22)(H,21,24). The van der Waals surface area contributed by atoms with Gasteiger partial charge in [0.1, 0.15) is 5.82 Å². The van der Waals surface area contributed by atoms with Crippen molar-refractivity contribution < 1.29 is 13.2 Å². The summed E-state index contributed by atoms with van der Waals surface area (Å²) in [6.45, 7) is 1.45. The van der Waals surface area contributed by atoms with Crippen LogP contribution in [0, 0.1) is 5.92 Å². The molecule has 0 radical (unpaired) electrons. The summed E-state index contributed by atoms with van der Waals surface area (Å²) in [7, 11) is -3.19. The van der Waals surface area contributed by atoms with Crippen molar-refractivity contribution in [3.63, 3.8) is 0 Å². The van der Waals surface area contributed by atoms with Gasteiger partial charge in [-0.05, 0) is 43.0 Å². The number of amides is 1. The van der Waals surface area contributed by atoms with Crippen molar-refractivity contribution in [1.29, 1.82) is 0 Å². The van der Waals surface area contributed by atoms with E-state index in [1.54, 1.807) is 24.3 Å². The Kier molecular flexibility index (Phi) is 5.76. The van der Waals surface area contributed by atoms with Gasteiger partial charge in [0.15, 0.2) is 0 Å². The van der Waals surface area contributed by atoms with Crippen LogP contribution in [0.1, 0.15) is 23.2 Å². The maximum atomic E-state index is 12.5. The molecule has 1 aromatic heterocycles. The summed E-state index contributed by atoms with van der Waals surface area (Å²) in [5.41, 5.74) is 7.79. The van der Waals surface area contributed by atoms with Crippen molar-refractivity contribution in [1.82, 2.24) is 14.6 Å². The van der Waals surface area contributed by atoms with E-state index in [4.69, 9.17) is 5.73 Å². The van der Waals surface area contributed by atoms with Gasteiger partial charge >= 0.3 is 0 Å². The number of anilines is 1. The van der Waals surface area contributed by atoms with Crippen LogP contribution < -0.4 is 11.1 Å². The number of nitrogens with two attached hydrogens (primary N) is 1. The van der Waals surface area contributed by atoms with Crippen LogP contribution in [0.2, 0.25) is 0 Å². The Morgan fingerprint density at radius 3 is 2.81 bits per heavy atom. The second-order valence-corrected chi connectivity index (χ2v) is 8.85. The van der Waals surface area contributed by atoms with E-state index in [9.17, 15) is 13.2 Å². The molecule has 2 aromatic rings. The van der Waals surface area contributed by atoms with E-state index in [2.05, 4.69) is 10.3 Å². The van der Waals surface area contributed by atoms with E-state index < -0.39 is 10.0 Å². The van der Waals surface area contributed by atoms with Gasteiger partial charge in [-0.3, -0.25) is 4.79 Å². The summed E-state index contributed by atoms with van der Waals surface area (Å²) in [6.07, 6.45) is 2.94. The van der Waals surface area contributed by atoms with Crippen LogP contribution in [-0.4, -0.2) is 49.5 Å². The van der Waals surface area contributed by atoms with Crippen LogP contribution in [0.4, 0.5) is 5.82 Å². The molecule has 0 aliphatic carbocycles. The molecule has 3 rings (SSSR count). The molecular weight excluding hydrogens is 364 g/mol. The van der Waals surface area contributed by atoms with Crippen molar-refractivity contribution in [3.8, 4) is 11.3 Å². The number of hydrogen-bond donors (Lipinski definition) is 2. The lowest BCUT2D eigenvalue weighted by Crippen LogP contribution is -2.43. The number of sulfonamides is 1. The molecule has 27 heavy (non-hydrogen) atoms. The summed E-state index contributed by atoms with van der Waals surface area (Å²) >= 11 is 0. The monoisotopic (exact) mass is 388 g/mol. The van der Waals surface area contributed by atoms with Crippen LogP contribution in [0.15, 0.2) is 42.5 Å². The average molecular weight is 388 g/mol. The minimum Gasteiger partial charge on any atom is -0.384 e. The Morgan fingerprint density at radius 1 is 1.30 bits per heavy atom. The molecule has 0 saturated carbocycles. The van der Waals surface area contributed by atoms with Crippen molar-refractivity contribution in [3.05, 3.63) is 48.0 Å². The molecule has 1 saturated heterocycles. The Balaban J connectivity index is 1.64. The smallest absolute Gasteiger partial charge is 0.251 e. The van der Waals surface area contributed by atoms with Crippen LogP contribution in [0.5, 0.6) is 0 Å². The Labute approximate surface area is 159 Å². The summed E-state index contributed by atoms with van der Waals surface area (Å²) in [5, 5.41) is 2.93. The highest BCUT2D eigenvalue weighted by atomic mass is 32.2. The number of nitrogens with one attached hydrogen (secondary N) is 1. The number of carbonyl (C=O) groups excluding carboxylic acids is 1. The maximum absolute atomic E-state index is 12.5. The fraction of sp³-hybridized carbons (Fsp3) is 0.368. The quantitative estimate of drug-likeness (QED) is 0.811. The van der Waals surface area contributed by atoms with Gasteiger partial charge in [-0.15, -0.1) is 0 Å². The Bertz CT molecular complexity index is 930. The Hall–Kier alpha value is -2.45. The first-order valence-electron chi connectivity index (χ1n) is 8.89. The molecule has 2 heterocycles. The summed E-state index contributed by atoms with van der Waals surface area (Å²) in [5.74, 6) is 0.364. The minimum absolute atomic E-state index is 0.121. The minimum atomic E-state index is -3.19. The predicted molar refractivity (Wildman–Crippen MR) is 106 cm³/mol. The van der Waals surface area contributed by atoms with Crippen molar-refractivity contribution in [2.24, 2.45) is 5.92 Å². The van der Waals surface area contributed by atoms with E-state index in [1.165, 1.54) is 10.6 Å². The molecule has 1 atom stereocenters. The van der Waals surface area contributed by atoms with Crippen LogP contribution in [0.25, 0.3) is 11.3 Å². The lowest BCUT2D eigenvalue weighted by Gasteiger charge is -2.30. The third kappa shape index (κ3) is 5.05. The zero-order chi connectivity index (χ0) is 19.4. The largest absolute Gasteiger partial charge is 0.384 e. The average Bonchev–Trinajstić information content (AvgIpc) is 2.66. The van der Waals surface area contributed by atoms with Gasteiger partial charge in [0.2, 0.25) is 10.0 Å². The number of carbonyl (C=O) groups is 1. The topological polar surface area (TPSA) is 105 Å². The normalized spacial score (nSPS) is 18.2. The molecular formula is C19H24N4O3S. The molecule has 1 unspecified atom stereocenters. The molecule has 144 valence electrons. The molecule has 1 fully saturated rings. The first-order chi connectivity index (χ1) is 12.8. The highest BCUT2D eigenvalue weighted by Gasteiger charge is 2.26. The van der Waals surface area contributed by atoms with Crippen LogP contribution >= 0.6 is 0 Å². The Morgan fingerprint density at radius 2 is 2.07 bits per heavy atom. The summed E-state index contributed by atoms with van der Waals surface area (Å²) in [4.78, 5) is 16.8. The van der Waals surface area contributed by atoms with E-state index >= 15 is 0 Å². The maximum Gasteiger partial charge on any atom is 0.251 e. The third-order valence-electron chi connectivity index (χ3n) is 4.69. The highest BCUT2D eigenvalue weighted by molar-refractivity contribution is 7.88. The van der Waals surface area contributed by atoms with Crippen molar-refractivity contribution >= 4 is 21.7 Å². The van der Waals surface area contributed by atoms with E-state index in [1.807, 2.05) is 18.2 Å². The lowest BCUT2D eigenvalue weighted by molar-refractivity contribution is 0.0941. The van der Waals surface area contributed by atoms with Crippen molar-refractivity contribution in [2.75, 3.05) is 31.6 Å². The molecule has 1 aliphatic heterocycles. The zero-order valence-corrected chi connectivity index (χ0v) is 16.1. The molecule has 1 amide bonds. The zero-order valence-electron chi connectivity index (χ0n) is 15.3.